The molecular weight excluding hydrogens is 172 g/mol. The summed E-state index contributed by atoms with van der Waals surface area (Å²) >= 11 is 6.28. The van der Waals surface area contributed by atoms with Gasteiger partial charge in [0.15, 0.2) is 0 Å². The van der Waals surface area contributed by atoms with E-state index in [4.69, 9.17) is 16.3 Å². The third kappa shape index (κ3) is 2.95. The fourth-order valence-corrected chi connectivity index (χ4v) is 2.24. The molecule has 0 saturated heterocycles. The summed E-state index contributed by atoms with van der Waals surface area (Å²) in [6.45, 7) is 3.03. The zero-order valence-electron chi connectivity index (χ0n) is 8.05. The first-order valence-electron chi connectivity index (χ1n) is 4.92. The second-order valence-corrected chi connectivity index (χ2v) is 4.32. The average Bonchev–Trinajstić information content (AvgIpc) is 2.83. The van der Waals surface area contributed by atoms with Crippen molar-refractivity contribution in [3.8, 4) is 0 Å². The normalized spacial score (nSPS) is 22.2. The number of methoxy groups -OCH3 is 1. The highest BCUT2D eigenvalue weighted by atomic mass is 35.5. The van der Waals surface area contributed by atoms with Crippen molar-refractivity contribution in [2.45, 2.75) is 38.0 Å². The molecule has 1 rings (SSSR count). The van der Waals surface area contributed by atoms with Crippen LogP contribution in [0.25, 0.3) is 0 Å². The second kappa shape index (κ2) is 5.08. The summed E-state index contributed by atoms with van der Waals surface area (Å²) in [4.78, 5) is 0. The highest BCUT2D eigenvalue weighted by Gasteiger charge is 2.35. The summed E-state index contributed by atoms with van der Waals surface area (Å²) in [5.74, 6) is 1.47. The summed E-state index contributed by atoms with van der Waals surface area (Å²) in [6.07, 6.45) is 5.04. The van der Waals surface area contributed by atoms with Gasteiger partial charge in [-0.1, -0.05) is 13.3 Å². The Morgan fingerprint density at radius 1 is 1.50 bits per heavy atom. The lowest BCUT2D eigenvalue weighted by molar-refractivity contribution is 0.137. The van der Waals surface area contributed by atoms with Crippen LogP contribution in [-0.4, -0.2) is 19.1 Å². The third-order valence-electron chi connectivity index (χ3n) is 2.62. The SMILES string of the molecule is CCCC(Cl)C(COC)C1CC1. The number of alkyl halides is 1. The van der Waals surface area contributed by atoms with Crippen LogP contribution in [0.5, 0.6) is 0 Å². The Hall–Kier alpha value is 0.250. The Kier molecular flexibility index (Phi) is 4.38. The molecule has 0 spiro atoms. The molecule has 0 aromatic rings. The van der Waals surface area contributed by atoms with Crippen LogP contribution in [0.3, 0.4) is 0 Å². The largest absolute Gasteiger partial charge is 0.384 e. The van der Waals surface area contributed by atoms with E-state index in [1.165, 1.54) is 19.3 Å². The van der Waals surface area contributed by atoms with Gasteiger partial charge < -0.3 is 4.74 Å². The maximum absolute atomic E-state index is 6.28. The van der Waals surface area contributed by atoms with E-state index in [2.05, 4.69) is 6.92 Å². The lowest BCUT2D eigenvalue weighted by Crippen LogP contribution is -2.22. The lowest BCUT2D eigenvalue weighted by Gasteiger charge is -2.20. The van der Waals surface area contributed by atoms with Gasteiger partial charge in [0.25, 0.3) is 0 Å². The van der Waals surface area contributed by atoms with Crippen molar-refractivity contribution in [2.75, 3.05) is 13.7 Å². The molecule has 0 N–H and O–H groups in total. The van der Waals surface area contributed by atoms with Crippen molar-refractivity contribution in [1.29, 1.82) is 0 Å². The van der Waals surface area contributed by atoms with E-state index in [1.54, 1.807) is 7.11 Å². The minimum atomic E-state index is 0.336. The quantitative estimate of drug-likeness (QED) is 0.585. The van der Waals surface area contributed by atoms with Gasteiger partial charge in [0.05, 0.1) is 6.61 Å². The molecule has 0 aromatic carbocycles. The minimum absolute atomic E-state index is 0.336. The first-order chi connectivity index (χ1) is 5.79. The van der Waals surface area contributed by atoms with Crippen LogP contribution < -0.4 is 0 Å². The van der Waals surface area contributed by atoms with Gasteiger partial charge in [-0.15, -0.1) is 11.6 Å². The standard InChI is InChI=1S/C10H19ClO/c1-3-4-10(11)9(7-12-2)8-5-6-8/h8-10H,3-7H2,1-2H3. The Balaban J connectivity index is 2.29. The van der Waals surface area contributed by atoms with Crippen LogP contribution in [0.4, 0.5) is 0 Å². The van der Waals surface area contributed by atoms with Gasteiger partial charge in [-0.05, 0) is 25.2 Å². The molecule has 1 saturated carbocycles. The number of rotatable bonds is 6. The molecule has 1 nitrogen and oxygen atoms in total. The fourth-order valence-electron chi connectivity index (χ4n) is 1.74. The van der Waals surface area contributed by atoms with Crippen LogP contribution in [0, 0.1) is 11.8 Å². The predicted octanol–water partition coefficient (Wildman–Crippen LogP) is 3.07. The van der Waals surface area contributed by atoms with Crippen LogP contribution in [0.2, 0.25) is 0 Å². The fraction of sp³-hybridized carbons (Fsp3) is 1.00. The van der Waals surface area contributed by atoms with E-state index < -0.39 is 0 Å². The van der Waals surface area contributed by atoms with Crippen molar-refractivity contribution in [3.63, 3.8) is 0 Å². The zero-order chi connectivity index (χ0) is 8.97. The summed E-state index contributed by atoms with van der Waals surface area (Å²) < 4.78 is 5.19. The van der Waals surface area contributed by atoms with Crippen molar-refractivity contribution in [3.05, 3.63) is 0 Å². The molecule has 72 valence electrons. The van der Waals surface area contributed by atoms with Gasteiger partial charge >= 0.3 is 0 Å². The van der Waals surface area contributed by atoms with Crippen LogP contribution in [0.1, 0.15) is 32.6 Å². The van der Waals surface area contributed by atoms with Gasteiger partial charge in [0.2, 0.25) is 0 Å². The molecule has 0 amide bonds. The highest BCUT2D eigenvalue weighted by Crippen LogP contribution is 2.41. The van der Waals surface area contributed by atoms with E-state index in [1.807, 2.05) is 0 Å². The van der Waals surface area contributed by atoms with Gasteiger partial charge in [-0.25, -0.2) is 0 Å². The molecule has 0 radical (unpaired) electrons. The summed E-state index contributed by atoms with van der Waals surface area (Å²) in [7, 11) is 1.77. The van der Waals surface area contributed by atoms with E-state index in [0.29, 0.717) is 11.3 Å². The summed E-state index contributed by atoms with van der Waals surface area (Å²) in [6, 6.07) is 0. The van der Waals surface area contributed by atoms with Crippen molar-refractivity contribution in [2.24, 2.45) is 11.8 Å². The van der Waals surface area contributed by atoms with E-state index in [9.17, 15) is 0 Å². The third-order valence-corrected chi connectivity index (χ3v) is 3.16. The lowest BCUT2D eigenvalue weighted by atomic mass is 9.97. The molecule has 1 aliphatic rings. The highest BCUT2D eigenvalue weighted by molar-refractivity contribution is 6.20. The maximum atomic E-state index is 6.28. The Morgan fingerprint density at radius 3 is 2.58 bits per heavy atom. The van der Waals surface area contributed by atoms with Gasteiger partial charge in [-0.2, -0.15) is 0 Å². The second-order valence-electron chi connectivity index (χ2n) is 3.76. The molecule has 0 aromatic heterocycles. The van der Waals surface area contributed by atoms with Crippen LogP contribution in [-0.2, 0) is 4.74 Å². The Morgan fingerprint density at radius 2 is 2.17 bits per heavy atom. The van der Waals surface area contributed by atoms with Crippen LogP contribution >= 0.6 is 11.6 Å². The first-order valence-corrected chi connectivity index (χ1v) is 5.36. The molecule has 2 unspecified atom stereocenters. The topological polar surface area (TPSA) is 9.23 Å². The molecule has 2 heteroatoms. The predicted molar refractivity (Wildman–Crippen MR) is 52.6 cm³/mol. The van der Waals surface area contributed by atoms with Gasteiger partial charge in [-0.3, -0.25) is 0 Å². The van der Waals surface area contributed by atoms with Gasteiger partial charge in [0.1, 0.15) is 0 Å². The van der Waals surface area contributed by atoms with E-state index in [0.717, 1.165) is 18.9 Å². The molecule has 2 atom stereocenters. The summed E-state index contributed by atoms with van der Waals surface area (Å²) in [5.41, 5.74) is 0. The Bertz CT molecular complexity index is 123. The maximum Gasteiger partial charge on any atom is 0.0507 e. The number of halogens is 1. The molecule has 0 bridgehead atoms. The smallest absolute Gasteiger partial charge is 0.0507 e. The molecule has 0 aliphatic heterocycles. The van der Waals surface area contributed by atoms with Crippen molar-refractivity contribution in [1.82, 2.24) is 0 Å². The van der Waals surface area contributed by atoms with E-state index in [-0.39, 0.29) is 0 Å². The molecule has 0 heterocycles. The number of ether oxygens (including phenoxy) is 1. The molecule has 1 aliphatic carbocycles. The summed E-state index contributed by atoms with van der Waals surface area (Å²) in [5, 5.41) is 0.336. The Labute approximate surface area is 80.4 Å². The van der Waals surface area contributed by atoms with E-state index >= 15 is 0 Å². The molecule has 12 heavy (non-hydrogen) atoms. The number of hydrogen-bond acceptors (Lipinski definition) is 1. The van der Waals surface area contributed by atoms with Crippen molar-refractivity contribution < 1.29 is 4.74 Å². The average molecular weight is 191 g/mol. The van der Waals surface area contributed by atoms with Crippen molar-refractivity contribution >= 4 is 11.6 Å². The van der Waals surface area contributed by atoms with Crippen LogP contribution in [0.15, 0.2) is 0 Å². The first kappa shape index (κ1) is 10.3. The molecule has 1 fully saturated rings. The minimum Gasteiger partial charge on any atom is -0.384 e. The molecular formula is C10H19ClO. The van der Waals surface area contributed by atoms with Gasteiger partial charge in [0, 0.05) is 18.4 Å². The zero-order valence-corrected chi connectivity index (χ0v) is 8.81. The number of hydrogen-bond donors (Lipinski definition) is 0. The monoisotopic (exact) mass is 190 g/mol.